The molecule has 2 aromatic rings. The SMILES string of the molecule is N=Cc1cc(NC(=O)C(CCN)SCc2ccccc2)ccc1N. The van der Waals surface area contributed by atoms with Gasteiger partial charge in [-0.3, -0.25) is 4.79 Å². The normalized spacial score (nSPS) is 11.7. The Morgan fingerprint density at radius 3 is 2.67 bits per heavy atom. The van der Waals surface area contributed by atoms with Gasteiger partial charge in [0.15, 0.2) is 0 Å². The maximum absolute atomic E-state index is 12.5. The Morgan fingerprint density at radius 1 is 1.25 bits per heavy atom. The highest BCUT2D eigenvalue weighted by Gasteiger charge is 2.18. The van der Waals surface area contributed by atoms with Gasteiger partial charge in [0.05, 0.1) is 5.25 Å². The number of nitrogens with two attached hydrogens (primary N) is 2. The van der Waals surface area contributed by atoms with E-state index in [9.17, 15) is 4.79 Å². The number of amides is 1. The molecule has 0 aliphatic heterocycles. The number of anilines is 2. The summed E-state index contributed by atoms with van der Waals surface area (Å²) >= 11 is 1.58. The smallest absolute Gasteiger partial charge is 0.237 e. The third-order valence-electron chi connectivity index (χ3n) is 3.53. The minimum atomic E-state index is -0.226. The maximum Gasteiger partial charge on any atom is 0.237 e. The van der Waals surface area contributed by atoms with Crippen LogP contribution < -0.4 is 16.8 Å². The first-order valence-corrected chi connectivity index (χ1v) is 8.75. The van der Waals surface area contributed by atoms with Crippen molar-refractivity contribution in [2.24, 2.45) is 5.73 Å². The van der Waals surface area contributed by atoms with Crippen LogP contribution in [0.1, 0.15) is 17.5 Å². The molecule has 0 aliphatic carbocycles. The first-order valence-electron chi connectivity index (χ1n) is 7.70. The van der Waals surface area contributed by atoms with Gasteiger partial charge in [-0.25, -0.2) is 0 Å². The number of thioether (sulfide) groups is 1. The van der Waals surface area contributed by atoms with Crippen LogP contribution in [0.5, 0.6) is 0 Å². The fraction of sp³-hybridized carbons (Fsp3) is 0.222. The Balaban J connectivity index is 2.01. The molecular weight excluding hydrogens is 320 g/mol. The van der Waals surface area contributed by atoms with Crippen LogP contribution in [0.4, 0.5) is 11.4 Å². The number of rotatable bonds is 8. The summed E-state index contributed by atoms with van der Waals surface area (Å²) < 4.78 is 0. The summed E-state index contributed by atoms with van der Waals surface area (Å²) in [7, 11) is 0. The Bertz CT molecular complexity index is 691. The van der Waals surface area contributed by atoms with Gasteiger partial charge in [-0.2, -0.15) is 0 Å². The van der Waals surface area contributed by atoms with Crippen molar-refractivity contribution in [3.05, 3.63) is 59.7 Å². The molecule has 0 saturated heterocycles. The van der Waals surface area contributed by atoms with Crippen LogP contribution in [0.3, 0.4) is 0 Å². The minimum absolute atomic E-state index is 0.0814. The highest BCUT2D eigenvalue weighted by atomic mass is 32.2. The number of nitrogen functional groups attached to an aromatic ring is 1. The van der Waals surface area contributed by atoms with Gasteiger partial charge in [0.1, 0.15) is 0 Å². The molecule has 5 nitrogen and oxygen atoms in total. The summed E-state index contributed by atoms with van der Waals surface area (Å²) in [5.41, 5.74) is 14.3. The summed E-state index contributed by atoms with van der Waals surface area (Å²) in [4.78, 5) is 12.5. The van der Waals surface area contributed by atoms with E-state index in [-0.39, 0.29) is 11.2 Å². The van der Waals surface area contributed by atoms with Gasteiger partial charge in [0.2, 0.25) is 5.91 Å². The molecule has 0 aromatic heterocycles. The molecule has 1 amide bonds. The molecule has 6 heteroatoms. The zero-order chi connectivity index (χ0) is 17.4. The Morgan fingerprint density at radius 2 is 2.00 bits per heavy atom. The first-order chi connectivity index (χ1) is 11.6. The van der Waals surface area contributed by atoms with E-state index in [0.29, 0.717) is 29.9 Å². The van der Waals surface area contributed by atoms with Crippen LogP contribution in [0.15, 0.2) is 48.5 Å². The lowest BCUT2D eigenvalue weighted by atomic mass is 10.1. The third kappa shape index (κ3) is 5.11. The lowest BCUT2D eigenvalue weighted by molar-refractivity contribution is -0.115. The Kier molecular flexibility index (Phi) is 6.84. The van der Waals surface area contributed by atoms with Crippen LogP contribution in [-0.4, -0.2) is 23.9 Å². The van der Waals surface area contributed by atoms with Gasteiger partial charge in [-0.1, -0.05) is 30.3 Å². The topological polar surface area (TPSA) is 105 Å². The fourth-order valence-electron chi connectivity index (χ4n) is 2.21. The number of nitrogens with one attached hydrogen (secondary N) is 2. The highest BCUT2D eigenvalue weighted by molar-refractivity contribution is 7.99. The number of carbonyl (C=O) groups is 1. The number of hydrogen-bond donors (Lipinski definition) is 4. The molecule has 24 heavy (non-hydrogen) atoms. The van der Waals surface area contributed by atoms with E-state index in [1.54, 1.807) is 30.0 Å². The Hall–Kier alpha value is -2.31. The average Bonchev–Trinajstić information content (AvgIpc) is 2.61. The zero-order valence-electron chi connectivity index (χ0n) is 13.4. The summed E-state index contributed by atoms with van der Waals surface area (Å²) in [6.07, 6.45) is 1.78. The zero-order valence-corrected chi connectivity index (χ0v) is 14.2. The summed E-state index contributed by atoms with van der Waals surface area (Å²) in [6.45, 7) is 0.452. The molecule has 0 bridgehead atoms. The molecule has 6 N–H and O–H groups in total. The van der Waals surface area contributed by atoms with Gasteiger partial charge >= 0.3 is 0 Å². The first kappa shape index (κ1) is 18.0. The van der Waals surface area contributed by atoms with E-state index in [1.165, 1.54) is 11.8 Å². The lowest BCUT2D eigenvalue weighted by Gasteiger charge is -2.16. The van der Waals surface area contributed by atoms with E-state index >= 15 is 0 Å². The standard InChI is InChI=1S/C18H22N4OS/c19-9-8-17(24-12-13-4-2-1-3-5-13)18(23)22-15-6-7-16(21)14(10-15)11-20/h1-7,10-11,17,20H,8-9,12,19,21H2,(H,22,23). The van der Waals surface area contributed by atoms with Crippen molar-refractivity contribution in [2.45, 2.75) is 17.4 Å². The second kappa shape index (κ2) is 9.10. The largest absolute Gasteiger partial charge is 0.398 e. The number of benzene rings is 2. The van der Waals surface area contributed by atoms with Crippen LogP contribution in [0.25, 0.3) is 0 Å². The minimum Gasteiger partial charge on any atom is -0.398 e. The van der Waals surface area contributed by atoms with Crippen molar-refractivity contribution >= 4 is 35.3 Å². The predicted octanol–water partition coefficient (Wildman–Crippen LogP) is 2.86. The van der Waals surface area contributed by atoms with Gasteiger partial charge in [0, 0.05) is 28.9 Å². The average molecular weight is 342 g/mol. The quantitative estimate of drug-likeness (QED) is 0.437. The molecule has 2 rings (SSSR count). The number of hydrogen-bond acceptors (Lipinski definition) is 5. The molecule has 0 spiro atoms. The third-order valence-corrected chi connectivity index (χ3v) is 4.88. The molecule has 1 unspecified atom stereocenters. The van der Waals surface area contributed by atoms with E-state index < -0.39 is 0 Å². The van der Waals surface area contributed by atoms with Gasteiger partial charge < -0.3 is 22.2 Å². The fourth-order valence-corrected chi connectivity index (χ4v) is 3.31. The summed E-state index contributed by atoms with van der Waals surface area (Å²) in [6, 6.07) is 15.2. The van der Waals surface area contributed by atoms with Crippen LogP contribution in [-0.2, 0) is 10.5 Å². The van der Waals surface area contributed by atoms with Crippen LogP contribution in [0.2, 0.25) is 0 Å². The molecule has 0 radical (unpaired) electrons. The van der Waals surface area contributed by atoms with Gasteiger partial charge in [-0.05, 0) is 36.7 Å². The molecule has 2 aromatic carbocycles. The summed E-state index contributed by atoms with van der Waals surface area (Å²) in [5, 5.41) is 10.0. The van der Waals surface area contributed by atoms with Crippen molar-refractivity contribution in [1.82, 2.24) is 0 Å². The summed E-state index contributed by atoms with van der Waals surface area (Å²) in [5.74, 6) is 0.675. The number of carbonyl (C=O) groups excluding carboxylic acids is 1. The molecule has 0 aliphatic rings. The van der Waals surface area contributed by atoms with Crippen molar-refractivity contribution in [2.75, 3.05) is 17.6 Å². The molecule has 0 saturated carbocycles. The van der Waals surface area contributed by atoms with E-state index in [1.807, 2.05) is 30.3 Å². The second-order valence-electron chi connectivity index (χ2n) is 5.34. The molecule has 126 valence electrons. The molecule has 1 atom stereocenters. The highest BCUT2D eigenvalue weighted by Crippen LogP contribution is 2.23. The van der Waals surface area contributed by atoms with E-state index in [2.05, 4.69) is 5.32 Å². The van der Waals surface area contributed by atoms with Crippen molar-refractivity contribution in [3.8, 4) is 0 Å². The predicted molar refractivity (Wildman–Crippen MR) is 103 cm³/mol. The van der Waals surface area contributed by atoms with Crippen LogP contribution >= 0.6 is 11.8 Å². The molecular formula is C18H22N4OS. The Labute approximate surface area is 146 Å². The van der Waals surface area contributed by atoms with E-state index in [0.717, 1.165) is 5.75 Å². The van der Waals surface area contributed by atoms with Crippen molar-refractivity contribution in [1.29, 1.82) is 5.41 Å². The maximum atomic E-state index is 12.5. The van der Waals surface area contributed by atoms with Crippen LogP contribution in [0, 0.1) is 5.41 Å². The van der Waals surface area contributed by atoms with Crippen molar-refractivity contribution in [3.63, 3.8) is 0 Å². The monoisotopic (exact) mass is 342 g/mol. The molecule has 0 heterocycles. The lowest BCUT2D eigenvalue weighted by Crippen LogP contribution is -2.27. The molecule has 0 fully saturated rings. The van der Waals surface area contributed by atoms with Crippen molar-refractivity contribution < 1.29 is 4.79 Å². The second-order valence-corrected chi connectivity index (χ2v) is 6.53. The van der Waals surface area contributed by atoms with Gasteiger partial charge in [-0.15, -0.1) is 11.8 Å². The van der Waals surface area contributed by atoms with Gasteiger partial charge in [0.25, 0.3) is 0 Å². The van der Waals surface area contributed by atoms with E-state index in [4.69, 9.17) is 16.9 Å².